The van der Waals surface area contributed by atoms with Crippen LogP contribution in [0.1, 0.15) is 6.42 Å². The Bertz CT molecular complexity index is 385. The Morgan fingerprint density at radius 2 is 2.07 bits per heavy atom. The lowest BCUT2D eigenvalue weighted by molar-refractivity contribution is 0.113. The van der Waals surface area contributed by atoms with Crippen LogP contribution in [0.5, 0.6) is 0 Å². The van der Waals surface area contributed by atoms with Gasteiger partial charge in [0.25, 0.3) is 0 Å². The maximum atomic E-state index is 9.96. The highest BCUT2D eigenvalue weighted by Crippen LogP contribution is 2.44. The molecule has 0 amide bonds. The van der Waals surface area contributed by atoms with Gasteiger partial charge in [-0.05, 0) is 18.6 Å². The van der Waals surface area contributed by atoms with Crippen molar-refractivity contribution in [3.63, 3.8) is 0 Å². The van der Waals surface area contributed by atoms with Gasteiger partial charge in [0.05, 0.1) is 17.8 Å². The molecule has 3 rings (SSSR count). The first-order valence-corrected chi connectivity index (χ1v) is 6.04. The summed E-state index contributed by atoms with van der Waals surface area (Å²) in [6.07, 6.45) is 0.345. The molecule has 0 bridgehead atoms. The standard InChI is InChI=1S/C11H13NO2S/c13-8-5-6-12-7-3-1-2-4-9(7)15-11(14)10(8)12/h1-4,8,10-11,13-14H,5-6H2/t8?,10?,11-/m0/s1. The first-order valence-electron chi connectivity index (χ1n) is 5.16. The highest BCUT2D eigenvalue weighted by molar-refractivity contribution is 8.00. The summed E-state index contributed by atoms with van der Waals surface area (Å²) in [4.78, 5) is 3.23. The molecule has 2 aliphatic heterocycles. The van der Waals surface area contributed by atoms with Crippen LogP contribution in [0.2, 0.25) is 0 Å². The zero-order valence-corrected chi connectivity index (χ0v) is 9.02. The fraction of sp³-hybridized carbons (Fsp3) is 0.455. The molecule has 2 N–H and O–H groups in total. The average Bonchev–Trinajstić information content (AvgIpc) is 2.62. The molecule has 0 saturated carbocycles. The van der Waals surface area contributed by atoms with Crippen LogP contribution in [0.15, 0.2) is 29.2 Å². The van der Waals surface area contributed by atoms with Crippen LogP contribution in [0.4, 0.5) is 5.69 Å². The quantitative estimate of drug-likeness (QED) is 0.690. The molecule has 1 aromatic rings. The fourth-order valence-electron chi connectivity index (χ4n) is 2.42. The lowest BCUT2D eigenvalue weighted by Crippen LogP contribution is -2.45. The number of nitrogens with zero attached hydrogens (tertiary/aromatic N) is 1. The van der Waals surface area contributed by atoms with Crippen molar-refractivity contribution in [1.29, 1.82) is 0 Å². The Morgan fingerprint density at radius 1 is 1.27 bits per heavy atom. The number of hydrogen-bond acceptors (Lipinski definition) is 4. The first-order chi connectivity index (χ1) is 7.27. The van der Waals surface area contributed by atoms with Gasteiger partial charge in [-0.25, -0.2) is 0 Å². The van der Waals surface area contributed by atoms with E-state index >= 15 is 0 Å². The van der Waals surface area contributed by atoms with Gasteiger partial charge < -0.3 is 15.1 Å². The second-order valence-corrected chi connectivity index (χ2v) is 5.17. The van der Waals surface area contributed by atoms with Crippen molar-refractivity contribution in [3.8, 4) is 0 Å². The summed E-state index contributed by atoms with van der Waals surface area (Å²) >= 11 is 1.45. The molecule has 2 heterocycles. The number of benzene rings is 1. The summed E-state index contributed by atoms with van der Waals surface area (Å²) in [6.45, 7) is 0.834. The highest BCUT2D eigenvalue weighted by atomic mass is 32.2. The Morgan fingerprint density at radius 3 is 2.93 bits per heavy atom. The number of thioether (sulfide) groups is 1. The lowest BCUT2D eigenvalue weighted by atomic mass is 10.1. The predicted molar refractivity (Wildman–Crippen MR) is 60.1 cm³/mol. The third kappa shape index (κ3) is 1.36. The van der Waals surface area contributed by atoms with Crippen molar-refractivity contribution in [1.82, 2.24) is 0 Å². The molecular weight excluding hydrogens is 210 g/mol. The number of aliphatic hydroxyl groups is 2. The number of rotatable bonds is 0. The summed E-state index contributed by atoms with van der Waals surface area (Å²) in [7, 11) is 0. The van der Waals surface area contributed by atoms with Crippen LogP contribution in [-0.2, 0) is 0 Å². The normalized spacial score (nSPS) is 33.7. The van der Waals surface area contributed by atoms with Gasteiger partial charge in [-0.1, -0.05) is 23.9 Å². The second kappa shape index (κ2) is 3.40. The molecule has 0 spiro atoms. The Labute approximate surface area is 92.7 Å². The highest BCUT2D eigenvalue weighted by Gasteiger charge is 2.42. The average molecular weight is 223 g/mol. The van der Waals surface area contributed by atoms with Crippen molar-refractivity contribution >= 4 is 17.4 Å². The van der Waals surface area contributed by atoms with Crippen molar-refractivity contribution < 1.29 is 10.2 Å². The van der Waals surface area contributed by atoms with Crippen molar-refractivity contribution in [2.75, 3.05) is 11.4 Å². The van der Waals surface area contributed by atoms with E-state index in [0.29, 0.717) is 0 Å². The molecule has 0 radical (unpaired) electrons. The first kappa shape index (κ1) is 9.51. The minimum Gasteiger partial charge on any atom is -0.391 e. The molecule has 3 nitrogen and oxygen atoms in total. The predicted octanol–water partition coefficient (Wildman–Crippen LogP) is 1.05. The minimum absolute atomic E-state index is 0.134. The van der Waals surface area contributed by atoms with Gasteiger partial charge in [-0.15, -0.1) is 0 Å². The van der Waals surface area contributed by atoms with Crippen molar-refractivity contribution in [2.24, 2.45) is 0 Å². The van der Waals surface area contributed by atoms with Crippen LogP contribution in [-0.4, -0.2) is 34.3 Å². The molecule has 1 fully saturated rings. The lowest BCUT2D eigenvalue weighted by Gasteiger charge is -2.37. The van der Waals surface area contributed by atoms with Crippen LogP contribution in [0.3, 0.4) is 0 Å². The molecule has 4 heteroatoms. The molecule has 3 atom stereocenters. The van der Waals surface area contributed by atoms with Gasteiger partial charge in [-0.2, -0.15) is 0 Å². The molecular formula is C11H13NO2S. The molecule has 2 unspecified atom stereocenters. The number of para-hydroxylation sites is 1. The molecule has 0 aromatic heterocycles. The number of aliphatic hydroxyl groups excluding tert-OH is 2. The SMILES string of the molecule is OC1CCN2c3ccccc3S[C@H](O)C12. The van der Waals surface area contributed by atoms with Crippen molar-refractivity contribution in [2.45, 2.75) is 28.9 Å². The van der Waals surface area contributed by atoms with Crippen LogP contribution in [0.25, 0.3) is 0 Å². The summed E-state index contributed by atoms with van der Waals surface area (Å²) in [5.74, 6) is 0. The number of anilines is 1. The number of fused-ring (bicyclic) bond motifs is 3. The Balaban J connectivity index is 2.06. The number of hydrogen-bond donors (Lipinski definition) is 2. The fourth-order valence-corrected chi connectivity index (χ4v) is 3.61. The van der Waals surface area contributed by atoms with Gasteiger partial charge >= 0.3 is 0 Å². The molecule has 1 saturated heterocycles. The van der Waals surface area contributed by atoms with Crippen LogP contribution in [0, 0.1) is 0 Å². The minimum atomic E-state index is -0.516. The maximum Gasteiger partial charge on any atom is 0.127 e. The van der Waals surface area contributed by atoms with E-state index in [-0.39, 0.29) is 6.04 Å². The third-order valence-electron chi connectivity index (χ3n) is 3.13. The van der Waals surface area contributed by atoms with E-state index in [2.05, 4.69) is 11.0 Å². The third-order valence-corrected chi connectivity index (χ3v) is 4.25. The Kier molecular flexibility index (Phi) is 2.16. The van der Waals surface area contributed by atoms with Gasteiger partial charge in [0, 0.05) is 11.4 Å². The molecule has 0 aliphatic carbocycles. The van der Waals surface area contributed by atoms with E-state index in [4.69, 9.17) is 0 Å². The largest absolute Gasteiger partial charge is 0.391 e. The van der Waals surface area contributed by atoms with Crippen LogP contribution < -0.4 is 4.90 Å². The maximum absolute atomic E-state index is 9.96. The molecule has 1 aromatic carbocycles. The van der Waals surface area contributed by atoms with Crippen LogP contribution >= 0.6 is 11.8 Å². The van der Waals surface area contributed by atoms with Gasteiger partial charge in [-0.3, -0.25) is 0 Å². The molecule has 80 valence electrons. The van der Waals surface area contributed by atoms with E-state index in [0.717, 1.165) is 23.5 Å². The van der Waals surface area contributed by atoms with E-state index in [1.807, 2.05) is 18.2 Å². The zero-order valence-electron chi connectivity index (χ0n) is 8.21. The monoisotopic (exact) mass is 223 g/mol. The summed E-state index contributed by atoms with van der Waals surface area (Å²) in [6, 6.07) is 7.91. The Hall–Kier alpha value is -0.710. The topological polar surface area (TPSA) is 43.7 Å². The summed E-state index contributed by atoms with van der Waals surface area (Å²) < 4.78 is 0. The van der Waals surface area contributed by atoms with Gasteiger partial charge in [0.1, 0.15) is 5.44 Å². The van der Waals surface area contributed by atoms with E-state index in [1.54, 1.807) is 0 Å². The van der Waals surface area contributed by atoms with E-state index in [9.17, 15) is 10.2 Å². The van der Waals surface area contributed by atoms with Gasteiger partial charge in [0.15, 0.2) is 0 Å². The summed E-state index contributed by atoms with van der Waals surface area (Å²) in [5, 5.41) is 19.8. The van der Waals surface area contributed by atoms with Crippen molar-refractivity contribution in [3.05, 3.63) is 24.3 Å². The smallest absolute Gasteiger partial charge is 0.127 e. The second-order valence-electron chi connectivity index (χ2n) is 4.02. The molecule has 2 aliphatic rings. The van der Waals surface area contributed by atoms with Gasteiger partial charge in [0.2, 0.25) is 0 Å². The van der Waals surface area contributed by atoms with E-state index in [1.165, 1.54) is 11.8 Å². The van der Waals surface area contributed by atoms with E-state index < -0.39 is 11.5 Å². The zero-order chi connectivity index (χ0) is 10.4. The molecule has 15 heavy (non-hydrogen) atoms. The summed E-state index contributed by atoms with van der Waals surface area (Å²) in [5.41, 5.74) is 0.631.